The lowest BCUT2D eigenvalue weighted by atomic mass is 10.1. The third-order valence-electron chi connectivity index (χ3n) is 3.13. The number of nitrogens with zero attached hydrogens (tertiary/aromatic N) is 2. The van der Waals surface area contributed by atoms with E-state index in [4.69, 9.17) is 11.6 Å². The summed E-state index contributed by atoms with van der Waals surface area (Å²) < 4.78 is 0. The van der Waals surface area contributed by atoms with Crippen molar-refractivity contribution in [3.63, 3.8) is 0 Å². The lowest BCUT2D eigenvalue weighted by molar-refractivity contribution is -0.393. The first-order chi connectivity index (χ1) is 11.3. The minimum atomic E-state index is -0.807. The number of rotatable bonds is 5. The fourth-order valence-electron chi connectivity index (χ4n) is 2.06. The molecule has 0 saturated heterocycles. The number of anilines is 2. The van der Waals surface area contributed by atoms with E-state index in [0.29, 0.717) is 0 Å². The molecule has 0 saturated carbocycles. The van der Waals surface area contributed by atoms with Gasteiger partial charge in [-0.1, -0.05) is 23.7 Å². The molecular weight excluding hydrogens is 340 g/mol. The fourth-order valence-corrected chi connectivity index (χ4v) is 2.24. The van der Waals surface area contributed by atoms with E-state index in [1.54, 1.807) is 18.2 Å². The van der Waals surface area contributed by atoms with Gasteiger partial charge < -0.3 is 10.6 Å². The zero-order valence-corrected chi connectivity index (χ0v) is 13.0. The van der Waals surface area contributed by atoms with Crippen molar-refractivity contribution in [2.75, 3.05) is 17.7 Å². The summed E-state index contributed by atoms with van der Waals surface area (Å²) in [5.41, 5.74) is -1.23. The summed E-state index contributed by atoms with van der Waals surface area (Å²) in [7, 11) is 1.38. The molecular formula is C14H11ClN4O5. The number of nitro benzene ring substituents is 2. The molecule has 0 spiro atoms. The van der Waals surface area contributed by atoms with Gasteiger partial charge in [0, 0.05) is 13.1 Å². The smallest absolute Gasteiger partial charge is 0.300 e. The molecule has 0 fully saturated rings. The molecule has 24 heavy (non-hydrogen) atoms. The number of carbonyl (C=O) groups is 1. The predicted molar refractivity (Wildman–Crippen MR) is 88.7 cm³/mol. The Hall–Kier alpha value is -3.20. The van der Waals surface area contributed by atoms with Gasteiger partial charge in [0.05, 0.1) is 32.2 Å². The van der Waals surface area contributed by atoms with Crippen molar-refractivity contribution in [3.05, 3.63) is 67.2 Å². The number of para-hydroxylation sites is 1. The third kappa shape index (κ3) is 3.41. The molecule has 10 heteroatoms. The van der Waals surface area contributed by atoms with Crippen LogP contribution in [-0.4, -0.2) is 22.8 Å². The van der Waals surface area contributed by atoms with Crippen LogP contribution in [0.3, 0.4) is 0 Å². The van der Waals surface area contributed by atoms with E-state index >= 15 is 0 Å². The molecule has 2 aromatic carbocycles. The number of hydrogen-bond acceptors (Lipinski definition) is 6. The first-order valence-corrected chi connectivity index (χ1v) is 6.93. The second-order valence-corrected chi connectivity index (χ2v) is 4.99. The van der Waals surface area contributed by atoms with Crippen molar-refractivity contribution >= 4 is 40.3 Å². The maximum Gasteiger partial charge on any atom is 0.300 e. The Kier molecular flexibility index (Phi) is 4.95. The molecule has 2 aromatic rings. The number of halogens is 1. The van der Waals surface area contributed by atoms with Crippen LogP contribution >= 0.6 is 11.6 Å². The van der Waals surface area contributed by atoms with Crippen molar-refractivity contribution < 1.29 is 14.6 Å². The van der Waals surface area contributed by atoms with Gasteiger partial charge in [-0.2, -0.15) is 0 Å². The summed E-state index contributed by atoms with van der Waals surface area (Å²) in [6.07, 6.45) is 0. The van der Waals surface area contributed by atoms with Crippen LogP contribution in [0.4, 0.5) is 22.7 Å². The van der Waals surface area contributed by atoms with Crippen molar-refractivity contribution in [2.24, 2.45) is 0 Å². The molecule has 1 amide bonds. The molecule has 0 radical (unpaired) electrons. The normalized spacial score (nSPS) is 10.1. The maximum atomic E-state index is 12.4. The average Bonchev–Trinajstić information content (AvgIpc) is 2.55. The molecule has 0 aliphatic carbocycles. The van der Waals surface area contributed by atoms with E-state index in [1.165, 1.54) is 13.1 Å². The van der Waals surface area contributed by atoms with Gasteiger partial charge in [0.15, 0.2) is 0 Å². The van der Waals surface area contributed by atoms with Crippen LogP contribution in [0.1, 0.15) is 10.4 Å². The summed E-state index contributed by atoms with van der Waals surface area (Å²) in [4.78, 5) is 32.9. The highest BCUT2D eigenvalue weighted by atomic mass is 35.5. The van der Waals surface area contributed by atoms with E-state index in [2.05, 4.69) is 10.6 Å². The number of carbonyl (C=O) groups excluding carboxylic acids is 1. The third-order valence-corrected chi connectivity index (χ3v) is 3.46. The SMILES string of the molecule is CNc1c(C(=O)Nc2ccccc2Cl)cc([N+](=O)[O-])cc1[N+](=O)[O-]. The molecule has 2 rings (SSSR count). The van der Waals surface area contributed by atoms with Crippen LogP contribution in [0.15, 0.2) is 36.4 Å². The number of non-ortho nitro benzene ring substituents is 1. The van der Waals surface area contributed by atoms with E-state index in [9.17, 15) is 25.0 Å². The molecule has 2 N–H and O–H groups in total. The number of amides is 1. The summed E-state index contributed by atoms with van der Waals surface area (Å²) in [6.45, 7) is 0. The summed E-state index contributed by atoms with van der Waals surface area (Å²) in [5, 5.41) is 27.4. The van der Waals surface area contributed by atoms with Gasteiger partial charge in [0.1, 0.15) is 5.69 Å². The standard InChI is InChI=1S/C14H11ClN4O5/c1-16-13-9(6-8(18(21)22)7-12(13)19(23)24)14(20)17-11-5-3-2-4-10(11)15/h2-7,16H,1H3,(H,17,20). The number of hydrogen-bond donors (Lipinski definition) is 2. The van der Waals surface area contributed by atoms with Crippen molar-refractivity contribution in [1.82, 2.24) is 0 Å². The largest absolute Gasteiger partial charge is 0.382 e. The first-order valence-electron chi connectivity index (χ1n) is 6.55. The van der Waals surface area contributed by atoms with Crippen LogP contribution in [0.25, 0.3) is 0 Å². The van der Waals surface area contributed by atoms with Crippen LogP contribution in [-0.2, 0) is 0 Å². The van der Waals surface area contributed by atoms with Gasteiger partial charge in [0.2, 0.25) is 0 Å². The molecule has 0 atom stereocenters. The second-order valence-electron chi connectivity index (χ2n) is 4.59. The monoisotopic (exact) mass is 350 g/mol. The van der Waals surface area contributed by atoms with Gasteiger partial charge in [0.25, 0.3) is 17.3 Å². The van der Waals surface area contributed by atoms with Gasteiger partial charge in [-0.05, 0) is 12.1 Å². The highest BCUT2D eigenvalue weighted by molar-refractivity contribution is 6.34. The lowest BCUT2D eigenvalue weighted by Gasteiger charge is -2.11. The lowest BCUT2D eigenvalue weighted by Crippen LogP contribution is -2.15. The Labute approximate surface area is 140 Å². The molecule has 9 nitrogen and oxygen atoms in total. The maximum absolute atomic E-state index is 12.4. The van der Waals surface area contributed by atoms with E-state index in [0.717, 1.165) is 12.1 Å². The number of benzene rings is 2. The van der Waals surface area contributed by atoms with Crippen LogP contribution in [0, 0.1) is 20.2 Å². The van der Waals surface area contributed by atoms with E-state index in [1.807, 2.05) is 0 Å². The Morgan fingerprint density at radius 2 is 1.79 bits per heavy atom. The van der Waals surface area contributed by atoms with E-state index in [-0.39, 0.29) is 22.0 Å². The summed E-state index contributed by atoms with van der Waals surface area (Å²) >= 11 is 5.95. The highest BCUT2D eigenvalue weighted by Crippen LogP contribution is 2.34. The van der Waals surface area contributed by atoms with Gasteiger partial charge in [-0.25, -0.2) is 0 Å². The zero-order valence-electron chi connectivity index (χ0n) is 12.3. The quantitative estimate of drug-likeness (QED) is 0.627. The van der Waals surface area contributed by atoms with Crippen LogP contribution in [0.5, 0.6) is 0 Å². The molecule has 0 bridgehead atoms. The molecule has 0 heterocycles. The summed E-state index contributed by atoms with van der Waals surface area (Å²) in [6, 6.07) is 8.13. The number of nitro groups is 2. The number of nitrogens with one attached hydrogen (secondary N) is 2. The van der Waals surface area contributed by atoms with Crippen molar-refractivity contribution in [1.29, 1.82) is 0 Å². The second kappa shape index (κ2) is 6.92. The zero-order chi connectivity index (χ0) is 17.9. The molecule has 0 aliphatic rings. The van der Waals surface area contributed by atoms with Crippen LogP contribution in [0.2, 0.25) is 5.02 Å². The highest BCUT2D eigenvalue weighted by Gasteiger charge is 2.27. The van der Waals surface area contributed by atoms with Gasteiger partial charge >= 0.3 is 0 Å². The van der Waals surface area contributed by atoms with Crippen molar-refractivity contribution in [3.8, 4) is 0 Å². The Balaban J connectivity index is 2.55. The Morgan fingerprint density at radius 3 is 2.33 bits per heavy atom. The van der Waals surface area contributed by atoms with Crippen LogP contribution < -0.4 is 10.6 Å². The fraction of sp³-hybridized carbons (Fsp3) is 0.0714. The Bertz CT molecular complexity index is 840. The first kappa shape index (κ1) is 17.2. The van der Waals surface area contributed by atoms with E-state index < -0.39 is 27.1 Å². The minimum absolute atomic E-state index is 0.129. The predicted octanol–water partition coefficient (Wildman–Crippen LogP) is 3.45. The molecule has 0 aromatic heterocycles. The van der Waals surface area contributed by atoms with Crippen molar-refractivity contribution in [2.45, 2.75) is 0 Å². The topological polar surface area (TPSA) is 127 Å². The summed E-state index contributed by atoms with van der Waals surface area (Å²) in [5.74, 6) is -0.765. The minimum Gasteiger partial charge on any atom is -0.382 e. The molecule has 124 valence electrons. The molecule has 0 unspecified atom stereocenters. The molecule has 0 aliphatic heterocycles. The Morgan fingerprint density at radius 1 is 1.12 bits per heavy atom. The average molecular weight is 351 g/mol. The van der Waals surface area contributed by atoms with Gasteiger partial charge in [-0.3, -0.25) is 25.0 Å². The van der Waals surface area contributed by atoms with Gasteiger partial charge in [-0.15, -0.1) is 0 Å².